The van der Waals surface area contributed by atoms with Crippen LogP contribution in [0.4, 0.5) is 5.69 Å². The molecule has 0 radical (unpaired) electrons. The van der Waals surface area contributed by atoms with Gasteiger partial charge in [-0.25, -0.2) is 4.98 Å². The average molecular weight is 257 g/mol. The SMILES string of the molecule is Nc1c(Cl)ncnc1OCCN1CCCCC1. The molecule has 2 heterocycles. The number of hydrogen-bond acceptors (Lipinski definition) is 5. The van der Waals surface area contributed by atoms with Gasteiger partial charge in [0.1, 0.15) is 18.6 Å². The maximum atomic E-state index is 5.77. The van der Waals surface area contributed by atoms with Crippen LogP contribution >= 0.6 is 11.6 Å². The monoisotopic (exact) mass is 256 g/mol. The van der Waals surface area contributed by atoms with E-state index in [-0.39, 0.29) is 5.15 Å². The highest BCUT2D eigenvalue weighted by atomic mass is 35.5. The third-order valence-electron chi connectivity index (χ3n) is 2.89. The fourth-order valence-electron chi connectivity index (χ4n) is 1.93. The molecule has 1 aliphatic heterocycles. The van der Waals surface area contributed by atoms with Gasteiger partial charge in [0.25, 0.3) is 0 Å². The van der Waals surface area contributed by atoms with E-state index in [0.29, 0.717) is 18.2 Å². The molecule has 94 valence electrons. The Morgan fingerprint density at radius 1 is 1.29 bits per heavy atom. The number of likely N-dealkylation sites (tertiary alicyclic amines) is 1. The Balaban J connectivity index is 1.79. The van der Waals surface area contributed by atoms with Crippen LogP contribution in [-0.2, 0) is 0 Å². The van der Waals surface area contributed by atoms with E-state index in [1.54, 1.807) is 0 Å². The van der Waals surface area contributed by atoms with Crippen LogP contribution in [0.15, 0.2) is 6.33 Å². The molecule has 0 spiro atoms. The number of nitrogens with zero attached hydrogens (tertiary/aromatic N) is 3. The van der Waals surface area contributed by atoms with E-state index in [2.05, 4.69) is 14.9 Å². The number of aromatic nitrogens is 2. The summed E-state index contributed by atoms with van der Waals surface area (Å²) in [5, 5.41) is 0.243. The van der Waals surface area contributed by atoms with Gasteiger partial charge in [-0.05, 0) is 25.9 Å². The number of anilines is 1. The Labute approximate surface area is 106 Å². The second-order valence-corrected chi connectivity index (χ2v) is 4.49. The van der Waals surface area contributed by atoms with Crippen molar-refractivity contribution in [3.05, 3.63) is 11.5 Å². The van der Waals surface area contributed by atoms with Crippen molar-refractivity contribution in [2.24, 2.45) is 0 Å². The van der Waals surface area contributed by atoms with Gasteiger partial charge < -0.3 is 10.5 Å². The van der Waals surface area contributed by atoms with Crippen LogP contribution < -0.4 is 10.5 Å². The number of nitrogens with two attached hydrogens (primary N) is 1. The lowest BCUT2D eigenvalue weighted by Crippen LogP contribution is -2.33. The van der Waals surface area contributed by atoms with Gasteiger partial charge in [-0.2, -0.15) is 4.98 Å². The van der Waals surface area contributed by atoms with Gasteiger partial charge in [-0.3, -0.25) is 4.90 Å². The Morgan fingerprint density at radius 2 is 2.06 bits per heavy atom. The molecule has 2 rings (SSSR count). The first-order chi connectivity index (χ1) is 8.27. The van der Waals surface area contributed by atoms with Crippen molar-refractivity contribution in [1.29, 1.82) is 0 Å². The van der Waals surface area contributed by atoms with E-state index in [9.17, 15) is 0 Å². The van der Waals surface area contributed by atoms with Gasteiger partial charge in [-0.1, -0.05) is 18.0 Å². The molecule has 0 atom stereocenters. The molecule has 1 aliphatic rings. The van der Waals surface area contributed by atoms with E-state index in [0.717, 1.165) is 19.6 Å². The summed E-state index contributed by atoms with van der Waals surface area (Å²) in [5.74, 6) is 0.377. The summed E-state index contributed by atoms with van der Waals surface area (Å²) in [7, 11) is 0. The van der Waals surface area contributed by atoms with Crippen LogP contribution in [0.25, 0.3) is 0 Å². The second kappa shape index (κ2) is 6.02. The first-order valence-electron chi connectivity index (χ1n) is 5.88. The van der Waals surface area contributed by atoms with E-state index in [1.807, 2.05) is 0 Å². The molecule has 0 amide bonds. The Bertz CT molecular complexity index is 368. The van der Waals surface area contributed by atoms with Gasteiger partial charge in [0.2, 0.25) is 5.88 Å². The maximum absolute atomic E-state index is 5.77. The molecule has 1 aromatic rings. The van der Waals surface area contributed by atoms with Gasteiger partial charge in [-0.15, -0.1) is 0 Å². The largest absolute Gasteiger partial charge is 0.475 e. The van der Waals surface area contributed by atoms with E-state index >= 15 is 0 Å². The quantitative estimate of drug-likeness (QED) is 0.829. The van der Waals surface area contributed by atoms with Crippen LogP contribution in [0.2, 0.25) is 5.15 Å². The minimum absolute atomic E-state index is 0.243. The maximum Gasteiger partial charge on any atom is 0.241 e. The Kier molecular flexibility index (Phi) is 4.39. The lowest BCUT2D eigenvalue weighted by Gasteiger charge is -2.26. The lowest BCUT2D eigenvalue weighted by molar-refractivity contribution is 0.181. The fourth-order valence-corrected chi connectivity index (χ4v) is 2.05. The zero-order chi connectivity index (χ0) is 12.1. The molecule has 1 aromatic heterocycles. The molecular formula is C11H17ClN4O. The van der Waals surface area contributed by atoms with Gasteiger partial charge >= 0.3 is 0 Å². The molecule has 6 heteroatoms. The lowest BCUT2D eigenvalue weighted by atomic mass is 10.1. The molecule has 0 unspecified atom stereocenters. The predicted molar refractivity (Wildman–Crippen MR) is 67.2 cm³/mol. The highest BCUT2D eigenvalue weighted by Crippen LogP contribution is 2.23. The third kappa shape index (κ3) is 3.44. The van der Waals surface area contributed by atoms with Crippen molar-refractivity contribution in [2.45, 2.75) is 19.3 Å². The first-order valence-corrected chi connectivity index (χ1v) is 6.26. The van der Waals surface area contributed by atoms with Crippen LogP contribution in [0.3, 0.4) is 0 Å². The topological polar surface area (TPSA) is 64.3 Å². The number of nitrogen functional groups attached to an aromatic ring is 1. The van der Waals surface area contributed by atoms with E-state index in [1.165, 1.54) is 25.6 Å². The van der Waals surface area contributed by atoms with E-state index < -0.39 is 0 Å². The summed E-state index contributed by atoms with van der Waals surface area (Å²) in [4.78, 5) is 10.1. The molecule has 0 aromatic carbocycles. The van der Waals surface area contributed by atoms with Gasteiger partial charge in [0, 0.05) is 6.54 Å². The van der Waals surface area contributed by atoms with Crippen LogP contribution in [0.1, 0.15) is 19.3 Å². The van der Waals surface area contributed by atoms with Crippen molar-refractivity contribution in [2.75, 3.05) is 32.0 Å². The van der Waals surface area contributed by atoms with E-state index in [4.69, 9.17) is 22.1 Å². The number of rotatable bonds is 4. The number of halogens is 1. The Hall–Kier alpha value is -1.07. The molecule has 17 heavy (non-hydrogen) atoms. The zero-order valence-electron chi connectivity index (χ0n) is 9.73. The number of ether oxygens (including phenoxy) is 1. The highest BCUT2D eigenvalue weighted by molar-refractivity contribution is 6.32. The minimum Gasteiger partial charge on any atom is -0.475 e. The van der Waals surface area contributed by atoms with Crippen LogP contribution in [-0.4, -0.2) is 41.1 Å². The van der Waals surface area contributed by atoms with Crippen LogP contribution in [0.5, 0.6) is 5.88 Å². The number of hydrogen-bond donors (Lipinski definition) is 1. The number of piperidine rings is 1. The summed E-state index contributed by atoms with van der Waals surface area (Å²) >= 11 is 5.77. The molecule has 1 fully saturated rings. The summed E-state index contributed by atoms with van der Waals surface area (Å²) in [6.07, 6.45) is 5.25. The summed E-state index contributed by atoms with van der Waals surface area (Å²) in [6, 6.07) is 0. The van der Waals surface area contributed by atoms with Crippen molar-refractivity contribution in [3.63, 3.8) is 0 Å². The normalized spacial score (nSPS) is 17.0. The molecule has 1 saturated heterocycles. The molecule has 0 saturated carbocycles. The van der Waals surface area contributed by atoms with Crippen LogP contribution in [0, 0.1) is 0 Å². The third-order valence-corrected chi connectivity index (χ3v) is 3.19. The predicted octanol–water partition coefficient (Wildman–Crippen LogP) is 1.58. The van der Waals surface area contributed by atoms with Gasteiger partial charge in [0.15, 0.2) is 5.15 Å². The van der Waals surface area contributed by atoms with Crippen molar-refractivity contribution in [1.82, 2.24) is 14.9 Å². The summed E-state index contributed by atoms with van der Waals surface area (Å²) < 4.78 is 5.52. The first kappa shape index (κ1) is 12.4. The van der Waals surface area contributed by atoms with Crippen molar-refractivity contribution in [3.8, 4) is 5.88 Å². The van der Waals surface area contributed by atoms with Gasteiger partial charge in [0.05, 0.1) is 0 Å². The molecular weight excluding hydrogens is 240 g/mol. The van der Waals surface area contributed by atoms with Crippen molar-refractivity contribution < 1.29 is 4.74 Å². The summed E-state index contributed by atoms with van der Waals surface area (Å²) in [6.45, 7) is 3.80. The van der Waals surface area contributed by atoms with Crippen molar-refractivity contribution >= 4 is 17.3 Å². The highest BCUT2D eigenvalue weighted by Gasteiger charge is 2.11. The molecule has 2 N–H and O–H groups in total. The standard InChI is InChI=1S/C11H17ClN4O/c12-10-9(13)11(15-8-14-10)17-7-6-16-4-2-1-3-5-16/h8H,1-7,13H2. The zero-order valence-corrected chi connectivity index (χ0v) is 10.5. The summed E-state index contributed by atoms with van der Waals surface area (Å²) in [5.41, 5.74) is 6.02. The fraction of sp³-hybridized carbons (Fsp3) is 0.636. The molecule has 5 nitrogen and oxygen atoms in total. The Morgan fingerprint density at radius 3 is 2.82 bits per heavy atom. The second-order valence-electron chi connectivity index (χ2n) is 4.13. The molecule has 0 aliphatic carbocycles. The minimum atomic E-state index is 0.243. The average Bonchev–Trinajstić information content (AvgIpc) is 2.36. The smallest absolute Gasteiger partial charge is 0.241 e. The molecule has 0 bridgehead atoms.